The number of likely N-dealkylation sites (tertiary alicyclic amines) is 1. The van der Waals surface area contributed by atoms with Crippen LogP contribution in [0.15, 0.2) is 79.4 Å². The molecule has 1 amide bonds. The van der Waals surface area contributed by atoms with E-state index in [1.54, 1.807) is 14.2 Å². The van der Waals surface area contributed by atoms with E-state index >= 15 is 0 Å². The van der Waals surface area contributed by atoms with Gasteiger partial charge < -0.3 is 14.4 Å². The summed E-state index contributed by atoms with van der Waals surface area (Å²) >= 11 is 12.7. The molecule has 4 rings (SSSR count). The van der Waals surface area contributed by atoms with Crippen molar-refractivity contribution >= 4 is 29.1 Å². The number of hydrogen-bond acceptors (Lipinski definition) is 3. The number of allylic oxidation sites excluding steroid dienone is 1. The van der Waals surface area contributed by atoms with Crippen LogP contribution < -0.4 is 9.47 Å². The van der Waals surface area contributed by atoms with E-state index < -0.39 is 5.41 Å². The van der Waals surface area contributed by atoms with Crippen LogP contribution in [0.4, 0.5) is 0 Å². The second-order valence-corrected chi connectivity index (χ2v) is 10.4. The molecule has 0 N–H and O–H groups in total. The topological polar surface area (TPSA) is 38.8 Å². The van der Waals surface area contributed by atoms with Crippen molar-refractivity contribution in [3.63, 3.8) is 0 Å². The molecule has 1 heterocycles. The van der Waals surface area contributed by atoms with Crippen LogP contribution in [0.25, 0.3) is 0 Å². The van der Waals surface area contributed by atoms with E-state index in [4.69, 9.17) is 32.7 Å². The first-order valence-corrected chi connectivity index (χ1v) is 12.7. The van der Waals surface area contributed by atoms with Gasteiger partial charge in [-0.25, -0.2) is 0 Å². The summed E-state index contributed by atoms with van der Waals surface area (Å²) in [6, 6.07) is 21.2. The molecule has 6 heteroatoms. The predicted octanol–water partition coefficient (Wildman–Crippen LogP) is 7.85. The van der Waals surface area contributed by atoms with Crippen LogP contribution in [0.5, 0.6) is 11.5 Å². The Morgan fingerprint density at radius 2 is 1.75 bits per heavy atom. The lowest BCUT2D eigenvalue weighted by atomic mass is 9.67. The predicted molar refractivity (Wildman–Crippen MR) is 146 cm³/mol. The van der Waals surface area contributed by atoms with Gasteiger partial charge in [0.15, 0.2) is 0 Å². The van der Waals surface area contributed by atoms with E-state index in [-0.39, 0.29) is 17.9 Å². The number of rotatable bonds is 8. The number of hydrogen-bond donors (Lipinski definition) is 0. The molecule has 1 aliphatic heterocycles. The molecule has 36 heavy (non-hydrogen) atoms. The van der Waals surface area contributed by atoms with Crippen molar-refractivity contribution in [2.24, 2.45) is 5.41 Å². The van der Waals surface area contributed by atoms with Gasteiger partial charge in [0.05, 0.1) is 25.7 Å². The molecule has 3 atom stereocenters. The number of carbonyl (C=O) groups excluding carboxylic acids is 1. The van der Waals surface area contributed by atoms with Crippen molar-refractivity contribution in [1.82, 2.24) is 4.90 Å². The smallest absolute Gasteiger partial charge is 0.229 e. The Bertz CT molecular complexity index is 1240. The van der Waals surface area contributed by atoms with E-state index in [1.807, 2.05) is 78.6 Å². The highest BCUT2D eigenvalue weighted by Gasteiger charge is 2.49. The van der Waals surface area contributed by atoms with Crippen molar-refractivity contribution in [3.05, 3.63) is 106 Å². The number of methoxy groups -OCH3 is 2. The van der Waals surface area contributed by atoms with E-state index in [0.717, 1.165) is 16.7 Å². The third-order valence-electron chi connectivity index (χ3n) is 7.08. The first-order valence-electron chi connectivity index (χ1n) is 11.9. The van der Waals surface area contributed by atoms with Crippen molar-refractivity contribution in [2.75, 3.05) is 14.2 Å². The number of nitrogens with zero attached hydrogens (tertiary/aromatic N) is 1. The molecule has 4 nitrogen and oxygen atoms in total. The first kappa shape index (κ1) is 26.1. The Labute approximate surface area is 223 Å². The van der Waals surface area contributed by atoms with Gasteiger partial charge in [0.25, 0.3) is 0 Å². The number of halogens is 2. The minimum absolute atomic E-state index is 0.0109. The highest BCUT2D eigenvalue weighted by atomic mass is 35.5. The highest BCUT2D eigenvalue weighted by molar-refractivity contribution is 6.30. The molecule has 1 fully saturated rings. The zero-order chi connectivity index (χ0) is 25.9. The zero-order valence-corrected chi connectivity index (χ0v) is 22.4. The molecule has 0 radical (unpaired) electrons. The maximum absolute atomic E-state index is 14.2. The molecule has 3 aromatic carbocycles. The van der Waals surface area contributed by atoms with Gasteiger partial charge in [-0.15, -0.1) is 6.58 Å². The average Bonchev–Trinajstić information content (AvgIpc) is 2.87. The quantitative estimate of drug-likeness (QED) is 0.282. The number of piperidine rings is 1. The molecule has 0 aliphatic carbocycles. The van der Waals surface area contributed by atoms with E-state index in [1.165, 1.54) is 0 Å². The third kappa shape index (κ3) is 5.25. The van der Waals surface area contributed by atoms with Gasteiger partial charge in [-0.2, -0.15) is 0 Å². The van der Waals surface area contributed by atoms with Gasteiger partial charge in [-0.1, -0.05) is 60.5 Å². The summed E-state index contributed by atoms with van der Waals surface area (Å²) in [5, 5.41) is 1.33. The molecular weight excluding hydrogens is 493 g/mol. The zero-order valence-electron chi connectivity index (χ0n) is 20.8. The largest absolute Gasteiger partial charge is 0.497 e. The Kier molecular flexibility index (Phi) is 7.97. The summed E-state index contributed by atoms with van der Waals surface area (Å²) in [5.74, 6) is 1.46. The molecule has 1 aliphatic rings. The molecule has 0 bridgehead atoms. The van der Waals surface area contributed by atoms with Crippen molar-refractivity contribution in [1.29, 1.82) is 0 Å². The summed E-state index contributed by atoms with van der Waals surface area (Å²) in [7, 11) is 3.25. The van der Waals surface area contributed by atoms with Gasteiger partial charge in [0.1, 0.15) is 11.5 Å². The lowest BCUT2D eigenvalue weighted by Crippen LogP contribution is -2.51. The fourth-order valence-electron chi connectivity index (χ4n) is 5.31. The summed E-state index contributed by atoms with van der Waals surface area (Å²) in [4.78, 5) is 16.2. The molecule has 1 saturated heterocycles. The Balaban J connectivity index is 1.88. The summed E-state index contributed by atoms with van der Waals surface area (Å²) in [6.07, 6.45) is 3.08. The number of amides is 1. The van der Waals surface area contributed by atoms with Crippen LogP contribution in [0.1, 0.15) is 48.4 Å². The molecular formula is C30H31Cl2NO3. The molecule has 188 valence electrons. The van der Waals surface area contributed by atoms with Crippen molar-refractivity contribution in [3.8, 4) is 11.5 Å². The van der Waals surface area contributed by atoms with E-state index in [2.05, 4.69) is 12.6 Å². The minimum Gasteiger partial charge on any atom is -0.497 e. The maximum Gasteiger partial charge on any atom is 0.229 e. The van der Waals surface area contributed by atoms with Crippen LogP contribution in [0.3, 0.4) is 0 Å². The molecule has 0 aromatic heterocycles. The van der Waals surface area contributed by atoms with E-state index in [0.29, 0.717) is 40.9 Å². The second-order valence-electron chi connectivity index (χ2n) is 9.53. The fourth-order valence-corrected chi connectivity index (χ4v) is 5.63. The van der Waals surface area contributed by atoms with Gasteiger partial charge >= 0.3 is 0 Å². The number of ether oxygens (including phenoxy) is 2. The van der Waals surface area contributed by atoms with Crippen LogP contribution in [-0.4, -0.2) is 25.0 Å². The molecule has 0 unspecified atom stereocenters. The van der Waals surface area contributed by atoms with Crippen molar-refractivity contribution in [2.45, 2.75) is 38.3 Å². The van der Waals surface area contributed by atoms with Gasteiger partial charge in [-0.3, -0.25) is 4.79 Å². The Morgan fingerprint density at radius 3 is 2.39 bits per heavy atom. The number of benzene rings is 3. The molecule has 0 saturated carbocycles. The Morgan fingerprint density at radius 1 is 1.00 bits per heavy atom. The normalized spacial score (nSPS) is 21.8. The summed E-state index contributed by atoms with van der Waals surface area (Å²) < 4.78 is 11.1. The molecule has 3 aromatic rings. The van der Waals surface area contributed by atoms with Crippen LogP contribution in [0, 0.1) is 5.41 Å². The van der Waals surface area contributed by atoms with Crippen molar-refractivity contribution < 1.29 is 14.3 Å². The van der Waals surface area contributed by atoms with Gasteiger partial charge in [0, 0.05) is 34.1 Å². The minimum atomic E-state index is -0.614. The lowest BCUT2D eigenvalue weighted by Gasteiger charge is -2.49. The maximum atomic E-state index is 14.2. The van der Waals surface area contributed by atoms with Crippen LogP contribution in [-0.2, 0) is 11.3 Å². The molecule has 0 spiro atoms. The summed E-state index contributed by atoms with van der Waals surface area (Å²) in [5.41, 5.74) is 2.40. The third-order valence-corrected chi connectivity index (χ3v) is 7.57. The monoisotopic (exact) mass is 523 g/mol. The van der Waals surface area contributed by atoms with Crippen LogP contribution in [0.2, 0.25) is 10.0 Å². The van der Waals surface area contributed by atoms with E-state index in [9.17, 15) is 4.79 Å². The standard InChI is InChI=1S/C30H31Cl2NO3/c1-5-15-30(2)18-26(21-7-6-8-24(32)16-21)28(20-9-12-23(31)13-10-20)33(29(30)34)19-22-11-14-25(35-3)17-27(22)36-4/h5-14,16-17,26,28H,1,15,18-19H2,2-4H3/t26-,28-,30+/m1/s1. The fraction of sp³-hybridized carbons (Fsp3) is 0.300. The van der Waals surface area contributed by atoms with Gasteiger partial charge in [-0.05, 0) is 60.4 Å². The number of carbonyl (C=O) groups is 1. The summed E-state index contributed by atoms with van der Waals surface area (Å²) in [6.45, 7) is 6.36. The SMILES string of the molecule is C=CC[C@@]1(C)C[C@H](c2cccc(Cl)c2)[C@@H](c2ccc(Cl)cc2)N(Cc2ccc(OC)cc2OC)C1=O. The Hall–Kier alpha value is -2.95. The average molecular weight is 524 g/mol. The lowest BCUT2D eigenvalue weighted by molar-refractivity contribution is -0.151. The van der Waals surface area contributed by atoms with Gasteiger partial charge in [0.2, 0.25) is 5.91 Å². The van der Waals surface area contributed by atoms with Crippen LogP contribution >= 0.6 is 23.2 Å². The second kappa shape index (κ2) is 11.0. The first-order chi connectivity index (χ1) is 17.3. The highest BCUT2D eigenvalue weighted by Crippen LogP contribution is 2.52.